The van der Waals surface area contributed by atoms with Gasteiger partial charge < -0.3 is 9.64 Å². The molecule has 0 unspecified atom stereocenters. The second-order valence-corrected chi connectivity index (χ2v) is 7.38. The number of para-hydroxylation sites is 3. The highest BCUT2D eigenvalue weighted by atomic mass is 16.5. The molecule has 1 N–H and O–H groups in total. The summed E-state index contributed by atoms with van der Waals surface area (Å²) in [7, 11) is 5.66. The minimum absolute atomic E-state index is 0.529. The van der Waals surface area contributed by atoms with Gasteiger partial charge in [0.2, 0.25) is 0 Å². The van der Waals surface area contributed by atoms with E-state index in [1.807, 2.05) is 86.9 Å². The molecule has 0 aliphatic rings. The van der Waals surface area contributed by atoms with E-state index in [9.17, 15) is 0 Å². The van der Waals surface area contributed by atoms with Crippen molar-refractivity contribution in [2.75, 3.05) is 26.1 Å². The van der Waals surface area contributed by atoms with E-state index in [2.05, 4.69) is 27.6 Å². The van der Waals surface area contributed by atoms with Crippen molar-refractivity contribution in [2.24, 2.45) is 10.1 Å². The summed E-state index contributed by atoms with van der Waals surface area (Å²) in [6.07, 6.45) is 1.76. The largest absolute Gasteiger partial charge is 0.494 e. The van der Waals surface area contributed by atoms with Crippen LogP contribution in [0.3, 0.4) is 0 Å². The SMILES string of the molecule is COc1ccccc1N=C(N/N=C/c1ccc(N(C)C)cc1)c1ccc2ccccc2n1. The fourth-order valence-corrected chi connectivity index (χ4v) is 3.21. The molecule has 0 aliphatic heterocycles. The number of pyridine rings is 1. The zero-order chi connectivity index (χ0) is 22.3. The first-order valence-corrected chi connectivity index (χ1v) is 10.3. The van der Waals surface area contributed by atoms with Crippen molar-refractivity contribution in [1.82, 2.24) is 10.4 Å². The van der Waals surface area contributed by atoms with Gasteiger partial charge in [0.1, 0.15) is 17.1 Å². The zero-order valence-electron chi connectivity index (χ0n) is 18.4. The number of nitrogens with one attached hydrogen (secondary N) is 1. The number of hydrazone groups is 1. The average Bonchev–Trinajstić information content (AvgIpc) is 2.83. The van der Waals surface area contributed by atoms with Crippen molar-refractivity contribution in [3.63, 3.8) is 0 Å². The number of hydrogen-bond donors (Lipinski definition) is 1. The molecule has 0 fully saturated rings. The third-order valence-corrected chi connectivity index (χ3v) is 4.95. The van der Waals surface area contributed by atoms with Crippen LogP contribution in [-0.2, 0) is 0 Å². The second-order valence-electron chi connectivity index (χ2n) is 7.38. The fraction of sp³-hybridized carbons (Fsp3) is 0.115. The van der Waals surface area contributed by atoms with E-state index in [0.29, 0.717) is 23.0 Å². The molecule has 6 heteroatoms. The number of fused-ring (bicyclic) bond motifs is 1. The summed E-state index contributed by atoms with van der Waals surface area (Å²) in [5.74, 6) is 1.21. The van der Waals surface area contributed by atoms with E-state index in [0.717, 1.165) is 22.2 Å². The van der Waals surface area contributed by atoms with Crippen LogP contribution in [0, 0.1) is 0 Å². The number of hydrogen-bond acceptors (Lipinski definition) is 5. The highest BCUT2D eigenvalue weighted by molar-refractivity contribution is 6.01. The number of methoxy groups -OCH3 is 1. The number of anilines is 1. The predicted molar refractivity (Wildman–Crippen MR) is 132 cm³/mol. The molecule has 0 aliphatic carbocycles. The summed E-state index contributed by atoms with van der Waals surface area (Å²) < 4.78 is 5.46. The summed E-state index contributed by atoms with van der Waals surface area (Å²) in [5.41, 5.74) is 7.46. The highest BCUT2D eigenvalue weighted by Crippen LogP contribution is 2.27. The first kappa shape index (κ1) is 21.1. The molecule has 1 heterocycles. The Morgan fingerprint density at radius 2 is 1.66 bits per heavy atom. The molecule has 4 aromatic rings. The van der Waals surface area contributed by atoms with Crippen LogP contribution in [0.15, 0.2) is 95.0 Å². The maximum absolute atomic E-state index is 5.46. The Bertz CT molecular complexity index is 1260. The maximum atomic E-state index is 5.46. The molecule has 6 nitrogen and oxygen atoms in total. The number of ether oxygens (including phenoxy) is 1. The molecule has 0 amide bonds. The van der Waals surface area contributed by atoms with E-state index >= 15 is 0 Å². The fourth-order valence-electron chi connectivity index (χ4n) is 3.21. The molecular formula is C26H25N5O. The quantitative estimate of drug-likeness (QED) is 0.269. The Kier molecular flexibility index (Phi) is 6.41. The zero-order valence-corrected chi connectivity index (χ0v) is 18.4. The van der Waals surface area contributed by atoms with Crippen molar-refractivity contribution >= 4 is 34.3 Å². The molecule has 3 aromatic carbocycles. The van der Waals surface area contributed by atoms with Crippen LogP contribution < -0.4 is 15.1 Å². The van der Waals surface area contributed by atoms with Crippen LogP contribution in [0.25, 0.3) is 10.9 Å². The van der Waals surface area contributed by atoms with E-state index in [1.54, 1.807) is 13.3 Å². The van der Waals surface area contributed by atoms with Gasteiger partial charge in [0.25, 0.3) is 0 Å². The summed E-state index contributed by atoms with van der Waals surface area (Å²) in [6.45, 7) is 0. The number of amidine groups is 1. The average molecular weight is 424 g/mol. The summed E-state index contributed by atoms with van der Waals surface area (Å²) >= 11 is 0. The summed E-state index contributed by atoms with van der Waals surface area (Å²) in [4.78, 5) is 11.6. The molecule has 32 heavy (non-hydrogen) atoms. The normalized spacial score (nSPS) is 11.7. The lowest BCUT2D eigenvalue weighted by molar-refractivity contribution is 0.416. The van der Waals surface area contributed by atoms with Crippen LogP contribution in [0.5, 0.6) is 5.75 Å². The molecule has 4 rings (SSSR count). The minimum Gasteiger partial charge on any atom is -0.494 e. The Labute approximate surface area is 187 Å². The van der Waals surface area contributed by atoms with Crippen molar-refractivity contribution in [3.05, 3.63) is 96.2 Å². The molecule has 0 saturated carbocycles. The van der Waals surface area contributed by atoms with Gasteiger partial charge >= 0.3 is 0 Å². The van der Waals surface area contributed by atoms with E-state index < -0.39 is 0 Å². The van der Waals surface area contributed by atoms with Gasteiger partial charge in [-0.25, -0.2) is 9.98 Å². The number of aliphatic imine (C=N–C) groups is 1. The second kappa shape index (κ2) is 9.75. The van der Waals surface area contributed by atoms with Gasteiger partial charge in [-0.1, -0.05) is 48.5 Å². The standard InChI is InChI=1S/C26H25N5O/c1-31(2)21-15-12-19(13-16-21)18-27-30-26(29-23-10-6-7-11-25(23)32-3)24-17-14-20-8-4-5-9-22(20)28-24/h4-18H,1-3H3,(H,29,30)/b27-18+. The van der Waals surface area contributed by atoms with Crippen LogP contribution in [0.2, 0.25) is 0 Å². The molecule has 0 spiro atoms. The van der Waals surface area contributed by atoms with E-state index in [1.165, 1.54) is 0 Å². The van der Waals surface area contributed by atoms with Crippen LogP contribution in [-0.4, -0.2) is 38.2 Å². The van der Waals surface area contributed by atoms with Crippen LogP contribution in [0.1, 0.15) is 11.3 Å². The monoisotopic (exact) mass is 423 g/mol. The molecule has 0 atom stereocenters. The molecule has 160 valence electrons. The van der Waals surface area contributed by atoms with E-state index in [4.69, 9.17) is 14.7 Å². The minimum atomic E-state index is 0.529. The smallest absolute Gasteiger partial charge is 0.173 e. The third kappa shape index (κ3) is 4.92. The van der Waals surface area contributed by atoms with Gasteiger partial charge in [0, 0.05) is 25.2 Å². The van der Waals surface area contributed by atoms with Gasteiger partial charge in [-0.3, -0.25) is 5.43 Å². The van der Waals surface area contributed by atoms with Gasteiger partial charge in [-0.2, -0.15) is 5.10 Å². The van der Waals surface area contributed by atoms with Gasteiger partial charge in [-0.15, -0.1) is 0 Å². The third-order valence-electron chi connectivity index (χ3n) is 4.95. The number of aromatic nitrogens is 1. The Balaban J connectivity index is 1.67. The molecule has 0 bridgehead atoms. The summed E-state index contributed by atoms with van der Waals surface area (Å²) in [5, 5.41) is 5.49. The van der Waals surface area contributed by atoms with Crippen molar-refractivity contribution in [1.29, 1.82) is 0 Å². The van der Waals surface area contributed by atoms with Crippen molar-refractivity contribution < 1.29 is 4.74 Å². The maximum Gasteiger partial charge on any atom is 0.173 e. The predicted octanol–water partition coefficient (Wildman–Crippen LogP) is 5.01. The van der Waals surface area contributed by atoms with E-state index in [-0.39, 0.29) is 0 Å². The van der Waals surface area contributed by atoms with Crippen molar-refractivity contribution in [3.8, 4) is 5.75 Å². The Morgan fingerprint density at radius 3 is 2.44 bits per heavy atom. The molecule has 1 aromatic heterocycles. The lowest BCUT2D eigenvalue weighted by Gasteiger charge is -2.11. The Morgan fingerprint density at radius 1 is 0.906 bits per heavy atom. The Hall–Kier alpha value is -4.19. The van der Waals surface area contributed by atoms with Gasteiger partial charge in [0.15, 0.2) is 5.84 Å². The topological polar surface area (TPSA) is 62.1 Å². The number of benzene rings is 3. The lowest BCUT2D eigenvalue weighted by atomic mass is 10.2. The molecule has 0 saturated heterocycles. The molecule has 0 radical (unpaired) electrons. The molecular weight excluding hydrogens is 398 g/mol. The van der Waals surface area contributed by atoms with Gasteiger partial charge in [0.05, 0.1) is 18.8 Å². The van der Waals surface area contributed by atoms with Crippen molar-refractivity contribution in [2.45, 2.75) is 0 Å². The first-order valence-electron chi connectivity index (χ1n) is 10.3. The first-order chi connectivity index (χ1) is 15.6. The van der Waals surface area contributed by atoms with Crippen LogP contribution >= 0.6 is 0 Å². The summed E-state index contributed by atoms with van der Waals surface area (Å²) in [6, 6.07) is 27.7. The lowest BCUT2D eigenvalue weighted by Crippen LogP contribution is -2.20. The number of nitrogens with zero attached hydrogens (tertiary/aromatic N) is 4. The van der Waals surface area contributed by atoms with Crippen LogP contribution in [0.4, 0.5) is 11.4 Å². The highest BCUT2D eigenvalue weighted by Gasteiger charge is 2.09. The van der Waals surface area contributed by atoms with Gasteiger partial charge in [-0.05, 0) is 42.0 Å². The number of rotatable bonds is 6.